The Morgan fingerprint density at radius 3 is 2.83 bits per heavy atom. The lowest BCUT2D eigenvalue weighted by Crippen LogP contribution is -2.48. The van der Waals surface area contributed by atoms with Gasteiger partial charge in [0.25, 0.3) is 0 Å². The first-order valence-electron chi connectivity index (χ1n) is 7.69. The molecule has 1 aromatic heterocycles. The molecule has 23 heavy (non-hydrogen) atoms. The van der Waals surface area contributed by atoms with E-state index in [1.165, 1.54) is 0 Å². The van der Waals surface area contributed by atoms with Crippen LogP contribution < -0.4 is 0 Å². The number of halogens is 2. The molecule has 0 unspecified atom stereocenters. The van der Waals surface area contributed by atoms with E-state index in [0.29, 0.717) is 22.5 Å². The molecule has 0 spiro atoms. The van der Waals surface area contributed by atoms with Crippen LogP contribution in [0, 0.1) is 5.92 Å². The van der Waals surface area contributed by atoms with Crippen molar-refractivity contribution in [3.63, 3.8) is 0 Å². The van der Waals surface area contributed by atoms with Gasteiger partial charge in [0.15, 0.2) is 0 Å². The van der Waals surface area contributed by atoms with E-state index in [-0.39, 0.29) is 18.6 Å². The summed E-state index contributed by atoms with van der Waals surface area (Å²) in [5, 5.41) is 2.10. The smallest absolute Gasteiger partial charge is 0.249 e. The highest BCUT2D eigenvalue weighted by atomic mass is 35.5. The Bertz CT molecular complexity index is 755. The maximum absolute atomic E-state index is 12.4. The standard InChI is InChI=1S/C17H20Cl2N2O2/c1-9(2)14-6-13-11(7-21(14)15(22)8-23-3)10-4-5-12(18)16(19)17(10)20-13/h4-5,9,14,20H,6-8H2,1-3H3/t14-/m1/s1. The molecule has 1 amide bonds. The van der Waals surface area contributed by atoms with E-state index in [9.17, 15) is 4.79 Å². The molecule has 2 heterocycles. The van der Waals surface area contributed by atoms with Crippen molar-refractivity contribution < 1.29 is 9.53 Å². The van der Waals surface area contributed by atoms with Crippen molar-refractivity contribution in [2.24, 2.45) is 5.92 Å². The molecule has 1 N–H and O–H groups in total. The van der Waals surface area contributed by atoms with Gasteiger partial charge in [-0.2, -0.15) is 0 Å². The summed E-state index contributed by atoms with van der Waals surface area (Å²) in [5.41, 5.74) is 3.12. The van der Waals surface area contributed by atoms with Crippen molar-refractivity contribution in [2.75, 3.05) is 13.7 Å². The summed E-state index contributed by atoms with van der Waals surface area (Å²) in [7, 11) is 1.55. The lowest BCUT2D eigenvalue weighted by Gasteiger charge is -2.38. The topological polar surface area (TPSA) is 45.3 Å². The Morgan fingerprint density at radius 1 is 1.43 bits per heavy atom. The van der Waals surface area contributed by atoms with Crippen molar-refractivity contribution in [1.82, 2.24) is 9.88 Å². The number of amides is 1. The summed E-state index contributed by atoms with van der Waals surface area (Å²) < 4.78 is 5.04. The zero-order valence-electron chi connectivity index (χ0n) is 13.5. The Morgan fingerprint density at radius 2 is 2.17 bits per heavy atom. The minimum Gasteiger partial charge on any atom is -0.375 e. The molecule has 0 saturated heterocycles. The second-order valence-electron chi connectivity index (χ2n) is 6.34. The molecule has 0 bridgehead atoms. The van der Waals surface area contributed by atoms with Crippen LogP contribution in [0.3, 0.4) is 0 Å². The molecule has 0 fully saturated rings. The van der Waals surface area contributed by atoms with Gasteiger partial charge in [-0.15, -0.1) is 0 Å². The number of benzene rings is 1. The average molecular weight is 355 g/mol. The first kappa shape index (κ1) is 16.6. The van der Waals surface area contributed by atoms with E-state index in [4.69, 9.17) is 27.9 Å². The molecule has 1 atom stereocenters. The van der Waals surface area contributed by atoms with E-state index in [1.807, 2.05) is 11.0 Å². The number of ether oxygens (including phenoxy) is 1. The molecule has 0 aliphatic carbocycles. The normalized spacial score (nSPS) is 17.8. The van der Waals surface area contributed by atoms with Gasteiger partial charge < -0.3 is 14.6 Å². The van der Waals surface area contributed by atoms with Crippen LogP contribution in [0.1, 0.15) is 25.1 Å². The summed E-state index contributed by atoms with van der Waals surface area (Å²) in [5.74, 6) is 0.376. The molecule has 1 aliphatic rings. The molecular formula is C17H20Cl2N2O2. The first-order valence-corrected chi connectivity index (χ1v) is 8.45. The fourth-order valence-corrected chi connectivity index (χ4v) is 3.72. The van der Waals surface area contributed by atoms with E-state index < -0.39 is 0 Å². The number of aromatic amines is 1. The maximum atomic E-state index is 12.4. The molecule has 0 radical (unpaired) electrons. The fraction of sp³-hybridized carbons (Fsp3) is 0.471. The highest BCUT2D eigenvalue weighted by Crippen LogP contribution is 2.37. The lowest BCUT2D eigenvalue weighted by atomic mass is 9.91. The minimum atomic E-state index is 0.0197. The number of nitrogens with zero attached hydrogens (tertiary/aromatic N) is 1. The number of carbonyl (C=O) groups is 1. The molecular weight excluding hydrogens is 335 g/mol. The zero-order chi connectivity index (χ0) is 16.7. The van der Waals surface area contributed by atoms with Crippen LogP contribution in [0.25, 0.3) is 10.9 Å². The van der Waals surface area contributed by atoms with Gasteiger partial charge in [-0.3, -0.25) is 4.79 Å². The van der Waals surface area contributed by atoms with Crippen molar-refractivity contribution in [2.45, 2.75) is 32.9 Å². The third-order valence-electron chi connectivity index (χ3n) is 4.56. The van der Waals surface area contributed by atoms with Gasteiger partial charge in [-0.25, -0.2) is 0 Å². The van der Waals surface area contributed by atoms with E-state index in [1.54, 1.807) is 13.2 Å². The quantitative estimate of drug-likeness (QED) is 0.904. The zero-order valence-corrected chi connectivity index (χ0v) is 15.0. The number of nitrogens with one attached hydrogen (secondary N) is 1. The summed E-state index contributed by atoms with van der Waals surface area (Å²) in [6, 6.07) is 3.91. The number of H-pyrrole nitrogens is 1. The first-order chi connectivity index (χ1) is 10.9. The van der Waals surface area contributed by atoms with Crippen LogP contribution in [-0.4, -0.2) is 35.5 Å². The maximum Gasteiger partial charge on any atom is 0.249 e. The number of rotatable bonds is 3. The van der Waals surface area contributed by atoms with Gasteiger partial charge in [0.05, 0.1) is 15.6 Å². The number of hydrogen-bond acceptors (Lipinski definition) is 2. The van der Waals surface area contributed by atoms with Gasteiger partial charge >= 0.3 is 0 Å². The number of carbonyl (C=O) groups excluding carboxylic acids is 1. The van der Waals surface area contributed by atoms with Crippen molar-refractivity contribution >= 4 is 40.0 Å². The van der Waals surface area contributed by atoms with Crippen LogP contribution in [0.4, 0.5) is 0 Å². The third-order valence-corrected chi connectivity index (χ3v) is 5.36. The monoisotopic (exact) mass is 354 g/mol. The Balaban J connectivity index is 2.08. The van der Waals surface area contributed by atoms with Gasteiger partial charge in [0.2, 0.25) is 5.91 Å². The molecule has 0 saturated carbocycles. The highest BCUT2D eigenvalue weighted by Gasteiger charge is 2.33. The molecule has 4 nitrogen and oxygen atoms in total. The van der Waals surface area contributed by atoms with E-state index in [2.05, 4.69) is 18.8 Å². The van der Waals surface area contributed by atoms with E-state index in [0.717, 1.165) is 28.6 Å². The molecule has 3 rings (SSSR count). The van der Waals surface area contributed by atoms with Crippen molar-refractivity contribution in [1.29, 1.82) is 0 Å². The van der Waals surface area contributed by atoms with Crippen LogP contribution in [-0.2, 0) is 22.5 Å². The summed E-state index contributed by atoms with van der Waals surface area (Å²) in [6.45, 7) is 4.94. The predicted octanol–water partition coefficient (Wildman–Crippen LogP) is 4.03. The van der Waals surface area contributed by atoms with E-state index >= 15 is 0 Å². The second kappa shape index (κ2) is 6.34. The Hall–Kier alpha value is -1.23. The predicted molar refractivity (Wildman–Crippen MR) is 93.1 cm³/mol. The summed E-state index contributed by atoms with van der Waals surface area (Å²) >= 11 is 12.4. The number of hydrogen-bond donors (Lipinski definition) is 1. The van der Waals surface area contributed by atoms with Crippen LogP contribution in [0.2, 0.25) is 10.0 Å². The van der Waals surface area contributed by atoms with Gasteiger partial charge in [0.1, 0.15) is 6.61 Å². The number of aromatic nitrogens is 1. The minimum absolute atomic E-state index is 0.0197. The van der Waals surface area contributed by atoms with Crippen molar-refractivity contribution in [3.8, 4) is 0 Å². The largest absolute Gasteiger partial charge is 0.375 e. The summed E-state index contributed by atoms with van der Waals surface area (Å²) in [6.07, 6.45) is 0.783. The Kier molecular flexibility index (Phi) is 4.59. The second-order valence-corrected chi connectivity index (χ2v) is 7.12. The van der Waals surface area contributed by atoms with Crippen LogP contribution in [0.5, 0.6) is 0 Å². The molecule has 6 heteroatoms. The lowest BCUT2D eigenvalue weighted by molar-refractivity contribution is -0.139. The average Bonchev–Trinajstić information content (AvgIpc) is 2.88. The number of methoxy groups -OCH3 is 1. The van der Waals surface area contributed by atoms with Gasteiger partial charge in [-0.05, 0) is 12.0 Å². The SMILES string of the molecule is COCC(=O)N1Cc2c([nH]c3c(Cl)c(Cl)ccc23)C[C@@H]1C(C)C. The van der Waals surface area contributed by atoms with Crippen LogP contribution >= 0.6 is 23.2 Å². The number of fused-ring (bicyclic) bond motifs is 3. The molecule has 124 valence electrons. The fourth-order valence-electron chi connectivity index (χ4n) is 3.35. The summed E-state index contributed by atoms with van der Waals surface area (Å²) in [4.78, 5) is 17.8. The third kappa shape index (κ3) is 2.84. The highest BCUT2D eigenvalue weighted by molar-refractivity contribution is 6.45. The Labute approximate surface area is 145 Å². The molecule has 1 aromatic carbocycles. The molecule has 1 aliphatic heterocycles. The van der Waals surface area contributed by atoms with Crippen LogP contribution in [0.15, 0.2) is 12.1 Å². The van der Waals surface area contributed by atoms with Crippen molar-refractivity contribution in [3.05, 3.63) is 33.4 Å². The van der Waals surface area contributed by atoms with Gasteiger partial charge in [-0.1, -0.05) is 43.1 Å². The molecule has 2 aromatic rings. The van der Waals surface area contributed by atoms with Gasteiger partial charge in [0, 0.05) is 42.8 Å².